The van der Waals surface area contributed by atoms with Gasteiger partial charge in [0, 0.05) is 21.7 Å². The molecule has 3 nitrogen and oxygen atoms in total. The van der Waals surface area contributed by atoms with E-state index in [1.54, 1.807) is 0 Å². The van der Waals surface area contributed by atoms with Crippen molar-refractivity contribution in [3.63, 3.8) is 0 Å². The van der Waals surface area contributed by atoms with Crippen LogP contribution in [0.1, 0.15) is 11.1 Å². The summed E-state index contributed by atoms with van der Waals surface area (Å²) >= 11 is 6.08. The molecule has 0 atom stereocenters. The molecule has 0 spiro atoms. The predicted octanol–water partition coefficient (Wildman–Crippen LogP) is 6.31. The van der Waals surface area contributed by atoms with Gasteiger partial charge in [0.1, 0.15) is 5.82 Å². The quantitative estimate of drug-likeness (QED) is 0.465. The first-order chi connectivity index (χ1) is 12.6. The Balaban J connectivity index is 1.87. The molecule has 1 N–H and O–H groups in total. The molecule has 4 aromatic rings. The standard InChI is InChI=1S/C22H18ClN3/c1-14-6-5-7-16(12-14)21-25-20-9-4-3-8-18(20)22(26-21)24-19-11-10-17(23)13-15(19)2/h3-13H,1-2H3,(H,24,25,26). The van der Waals surface area contributed by atoms with Crippen molar-refractivity contribution in [2.24, 2.45) is 0 Å². The Bertz CT molecular complexity index is 1110. The van der Waals surface area contributed by atoms with Crippen molar-refractivity contribution in [3.8, 4) is 11.4 Å². The van der Waals surface area contributed by atoms with E-state index in [0.717, 1.165) is 38.6 Å². The zero-order valence-electron chi connectivity index (χ0n) is 14.6. The lowest BCUT2D eigenvalue weighted by Crippen LogP contribution is -2.00. The van der Waals surface area contributed by atoms with Crippen LogP contribution in [-0.4, -0.2) is 9.97 Å². The lowest BCUT2D eigenvalue weighted by Gasteiger charge is -2.13. The molecule has 3 aromatic carbocycles. The zero-order chi connectivity index (χ0) is 18.1. The van der Waals surface area contributed by atoms with Gasteiger partial charge in [-0.05, 0) is 55.8 Å². The maximum absolute atomic E-state index is 6.08. The van der Waals surface area contributed by atoms with Crippen molar-refractivity contribution < 1.29 is 0 Å². The largest absolute Gasteiger partial charge is 0.339 e. The molecule has 0 bridgehead atoms. The Morgan fingerprint density at radius 2 is 1.69 bits per heavy atom. The minimum absolute atomic E-state index is 0.710. The molecule has 0 aliphatic heterocycles. The molecule has 4 heteroatoms. The smallest absolute Gasteiger partial charge is 0.162 e. The third kappa shape index (κ3) is 3.26. The van der Waals surface area contributed by atoms with Gasteiger partial charge in [-0.3, -0.25) is 0 Å². The molecule has 1 aromatic heterocycles. The summed E-state index contributed by atoms with van der Waals surface area (Å²) in [5.74, 6) is 1.50. The van der Waals surface area contributed by atoms with Crippen LogP contribution in [0.2, 0.25) is 5.02 Å². The maximum Gasteiger partial charge on any atom is 0.162 e. The molecular formula is C22H18ClN3. The van der Waals surface area contributed by atoms with Gasteiger partial charge < -0.3 is 5.32 Å². The summed E-state index contributed by atoms with van der Waals surface area (Å²) in [6, 6.07) is 22.1. The number of rotatable bonds is 3. The van der Waals surface area contributed by atoms with E-state index in [9.17, 15) is 0 Å². The highest BCUT2D eigenvalue weighted by molar-refractivity contribution is 6.30. The van der Waals surface area contributed by atoms with Gasteiger partial charge in [-0.15, -0.1) is 0 Å². The number of hydrogen-bond donors (Lipinski definition) is 1. The predicted molar refractivity (Wildman–Crippen MR) is 109 cm³/mol. The van der Waals surface area contributed by atoms with E-state index < -0.39 is 0 Å². The normalized spacial score (nSPS) is 10.9. The van der Waals surface area contributed by atoms with E-state index in [4.69, 9.17) is 21.6 Å². The van der Waals surface area contributed by atoms with Crippen LogP contribution in [0.5, 0.6) is 0 Å². The Morgan fingerprint density at radius 1 is 0.846 bits per heavy atom. The van der Waals surface area contributed by atoms with Crippen LogP contribution in [0.15, 0.2) is 66.7 Å². The summed E-state index contributed by atoms with van der Waals surface area (Å²) < 4.78 is 0. The van der Waals surface area contributed by atoms with Gasteiger partial charge in [0.25, 0.3) is 0 Å². The van der Waals surface area contributed by atoms with Crippen LogP contribution in [0.3, 0.4) is 0 Å². The number of nitrogens with one attached hydrogen (secondary N) is 1. The molecule has 0 aliphatic rings. The number of hydrogen-bond acceptors (Lipinski definition) is 3. The number of anilines is 2. The number of aryl methyl sites for hydroxylation is 2. The SMILES string of the molecule is Cc1cccc(-c2nc(Nc3ccc(Cl)cc3C)c3ccccc3n2)c1. The third-order valence-electron chi connectivity index (χ3n) is 4.32. The van der Waals surface area contributed by atoms with E-state index in [1.165, 1.54) is 5.56 Å². The Kier molecular flexibility index (Phi) is 4.31. The fourth-order valence-electron chi connectivity index (χ4n) is 2.98. The first-order valence-corrected chi connectivity index (χ1v) is 8.85. The summed E-state index contributed by atoms with van der Waals surface area (Å²) in [6.45, 7) is 4.10. The minimum Gasteiger partial charge on any atom is -0.339 e. The Morgan fingerprint density at radius 3 is 2.50 bits per heavy atom. The van der Waals surface area contributed by atoms with Gasteiger partial charge in [0.05, 0.1) is 5.52 Å². The van der Waals surface area contributed by atoms with Crippen molar-refractivity contribution in [1.29, 1.82) is 0 Å². The van der Waals surface area contributed by atoms with E-state index in [1.807, 2.05) is 61.5 Å². The van der Waals surface area contributed by atoms with Crippen LogP contribution in [0.4, 0.5) is 11.5 Å². The molecule has 0 radical (unpaired) electrons. The highest BCUT2D eigenvalue weighted by Crippen LogP contribution is 2.29. The number of para-hydroxylation sites is 1. The Labute approximate surface area is 157 Å². The first-order valence-electron chi connectivity index (χ1n) is 8.47. The molecular weight excluding hydrogens is 342 g/mol. The lowest BCUT2D eigenvalue weighted by atomic mass is 10.1. The molecule has 0 unspecified atom stereocenters. The second kappa shape index (κ2) is 6.77. The summed E-state index contributed by atoms with van der Waals surface area (Å²) in [7, 11) is 0. The van der Waals surface area contributed by atoms with E-state index in [0.29, 0.717) is 5.82 Å². The molecule has 4 rings (SSSR count). The number of aromatic nitrogens is 2. The van der Waals surface area contributed by atoms with Gasteiger partial charge in [0.2, 0.25) is 0 Å². The number of benzene rings is 3. The molecule has 0 saturated carbocycles. The van der Waals surface area contributed by atoms with Crippen LogP contribution in [-0.2, 0) is 0 Å². The number of fused-ring (bicyclic) bond motifs is 1. The summed E-state index contributed by atoms with van der Waals surface area (Å²) in [6.07, 6.45) is 0. The van der Waals surface area contributed by atoms with Crippen molar-refractivity contribution in [2.45, 2.75) is 13.8 Å². The molecule has 0 amide bonds. The average Bonchev–Trinajstić information content (AvgIpc) is 2.64. The Hall–Kier alpha value is -2.91. The monoisotopic (exact) mass is 359 g/mol. The van der Waals surface area contributed by atoms with Gasteiger partial charge >= 0.3 is 0 Å². The van der Waals surface area contributed by atoms with Crippen molar-refractivity contribution in [3.05, 3.63) is 82.9 Å². The van der Waals surface area contributed by atoms with Gasteiger partial charge in [-0.1, -0.05) is 47.5 Å². The van der Waals surface area contributed by atoms with Crippen molar-refractivity contribution in [1.82, 2.24) is 9.97 Å². The summed E-state index contributed by atoms with van der Waals surface area (Å²) in [5, 5.41) is 5.17. The van der Waals surface area contributed by atoms with Gasteiger partial charge in [0.15, 0.2) is 5.82 Å². The van der Waals surface area contributed by atoms with Crippen molar-refractivity contribution >= 4 is 34.0 Å². The minimum atomic E-state index is 0.710. The molecule has 0 aliphatic carbocycles. The van der Waals surface area contributed by atoms with Crippen molar-refractivity contribution in [2.75, 3.05) is 5.32 Å². The van der Waals surface area contributed by atoms with Gasteiger partial charge in [-0.25, -0.2) is 9.97 Å². The highest BCUT2D eigenvalue weighted by Gasteiger charge is 2.11. The van der Waals surface area contributed by atoms with E-state index in [-0.39, 0.29) is 0 Å². The van der Waals surface area contributed by atoms with E-state index >= 15 is 0 Å². The summed E-state index contributed by atoms with van der Waals surface area (Å²) in [5.41, 5.74) is 5.15. The highest BCUT2D eigenvalue weighted by atomic mass is 35.5. The zero-order valence-corrected chi connectivity index (χ0v) is 15.4. The molecule has 1 heterocycles. The van der Waals surface area contributed by atoms with Crippen LogP contribution in [0, 0.1) is 13.8 Å². The fourth-order valence-corrected chi connectivity index (χ4v) is 3.21. The second-order valence-electron chi connectivity index (χ2n) is 6.37. The topological polar surface area (TPSA) is 37.8 Å². The average molecular weight is 360 g/mol. The first kappa shape index (κ1) is 16.6. The van der Waals surface area contributed by atoms with Crippen LogP contribution in [0.25, 0.3) is 22.3 Å². The number of halogens is 1. The molecule has 128 valence electrons. The third-order valence-corrected chi connectivity index (χ3v) is 4.56. The fraction of sp³-hybridized carbons (Fsp3) is 0.0909. The van der Waals surface area contributed by atoms with E-state index in [2.05, 4.69) is 24.4 Å². The molecule has 0 fully saturated rings. The summed E-state index contributed by atoms with van der Waals surface area (Å²) in [4.78, 5) is 9.57. The number of nitrogens with zero attached hydrogens (tertiary/aromatic N) is 2. The molecule has 26 heavy (non-hydrogen) atoms. The van der Waals surface area contributed by atoms with Crippen LogP contribution >= 0.6 is 11.6 Å². The lowest BCUT2D eigenvalue weighted by molar-refractivity contribution is 1.22. The van der Waals surface area contributed by atoms with Crippen LogP contribution < -0.4 is 5.32 Å². The second-order valence-corrected chi connectivity index (χ2v) is 6.80. The molecule has 0 saturated heterocycles. The van der Waals surface area contributed by atoms with Gasteiger partial charge in [-0.2, -0.15) is 0 Å². The maximum atomic E-state index is 6.08.